The first kappa shape index (κ1) is 15.4. The van der Waals surface area contributed by atoms with Gasteiger partial charge in [0.2, 0.25) is 0 Å². The molecule has 0 saturated heterocycles. The van der Waals surface area contributed by atoms with Crippen LogP contribution in [0.15, 0.2) is 46.7 Å². The summed E-state index contributed by atoms with van der Waals surface area (Å²) < 4.78 is 9.78. The number of rotatable bonds is 3. The second-order valence-corrected chi connectivity index (χ2v) is 5.64. The van der Waals surface area contributed by atoms with Crippen LogP contribution in [0.25, 0.3) is 16.9 Å². The van der Waals surface area contributed by atoms with Gasteiger partial charge in [-0.25, -0.2) is 4.79 Å². The highest BCUT2D eigenvalue weighted by Gasteiger charge is 2.18. The quantitative estimate of drug-likeness (QED) is 0.681. The third-order valence-electron chi connectivity index (χ3n) is 3.12. The minimum absolute atomic E-state index is 0.0985. The minimum atomic E-state index is -0.718. The number of hydrogen-bond acceptors (Lipinski definition) is 6. The van der Waals surface area contributed by atoms with Crippen LogP contribution in [0.2, 0.25) is 5.02 Å². The lowest BCUT2D eigenvalue weighted by Gasteiger charge is -2.08. The fourth-order valence-electron chi connectivity index (χ4n) is 1.99. The predicted octanol–water partition coefficient (Wildman–Crippen LogP) is 2.80. The average Bonchev–Trinajstić information content (AvgIpc) is 3.09. The number of aromatic nitrogens is 3. The molecule has 8 heteroatoms. The molecule has 3 aromatic rings. The highest BCUT2D eigenvalue weighted by atomic mass is 35.5. The Morgan fingerprint density at radius 2 is 2.04 bits per heavy atom. The van der Waals surface area contributed by atoms with E-state index in [1.165, 1.54) is 30.9 Å². The third kappa shape index (κ3) is 3.01. The number of carbonyl (C=O) groups excluding carboxylic acids is 1. The van der Waals surface area contributed by atoms with Gasteiger partial charge in [-0.15, -0.1) is 0 Å². The van der Waals surface area contributed by atoms with E-state index in [4.69, 9.17) is 11.6 Å². The van der Waals surface area contributed by atoms with E-state index >= 15 is 0 Å². The third-order valence-corrected chi connectivity index (χ3v) is 3.95. The van der Waals surface area contributed by atoms with Crippen molar-refractivity contribution >= 4 is 29.1 Å². The molecular weight excluding hydrogens is 338 g/mol. The fraction of sp³-hybridized carbons (Fsp3) is 0.0667. The first-order valence-corrected chi connectivity index (χ1v) is 7.70. The average molecular weight is 348 g/mol. The Labute approximate surface area is 140 Å². The number of halogens is 1. The summed E-state index contributed by atoms with van der Waals surface area (Å²) in [7, 11) is 1.22. The lowest BCUT2D eigenvalue weighted by molar-refractivity contribution is 0.0598. The summed E-state index contributed by atoms with van der Waals surface area (Å²) in [5, 5.41) is 6.56. The van der Waals surface area contributed by atoms with Crippen molar-refractivity contribution in [2.24, 2.45) is 0 Å². The molecule has 0 saturated carbocycles. The number of methoxy groups -OCH3 is 1. The molecule has 0 atom stereocenters. The molecule has 1 aromatic carbocycles. The van der Waals surface area contributed by atoms with Crippen molar-refractivity contribution < 1.29 is 9.53 Å². The molecule has 0 N–H and O–H groups in total. The zero-order chi connectivity index (χ0) is 16.4. The molecule has 2 heterocycles. The van der Waals surface area contributed by atoms with E-state index in [0.29, 0.717) is 16.4 Å². The van der Waals surface area contributed by atoms with Crippen LogP contribution in [0.4, 0.5) is 0 Å². The zero-order valence-corrected chi connectivity index (χ0v) is 13.5. The number of esters is 1. The summed E-state index contributed by atoms with van der Waals surface area (Å²) in [6, 6.07) is 8.34. The maximum absolute atomic E-state index is 12.5. The van der Waals surface area contributed by atoms with Crippen LogP contribution < -0.4 is 5.56 Å². The highest BCUT2D eigenvalue weighted by Crippen LogP contribution is 2.20. The monoisotopic (exact) mass is 347 g/mol. The normalized spacial score (nSPS) is 10.5. The fourth-order valence-corrected chi connectivity index (χ4v) is 2.62. The molecule has 0 aliphatic heterocycles. The molecule has 0 fully saturated rings. The summed E-state index contributed by atoms with van der Waals surface area (Å²) in [6.45, 7) is 0. The Morgan fingerprint density at radius 1 is 1.30 bits per heavy atom. The first-order valence-electron chi connectivity index (χ1n) is 6.48. The summed E-state index contributed by atoms with van der Waals surface area (Å²) in [5.41, 5.74) is 0.999. The second-order valence-electron chi connectivity index (χ2n) is 4.54. The SMILES string of the molecule is COC(=O)c1cc(-c2ccc(Cl)cc2)nn(-c2cnsc2)c1=O. The number of carbonyl (C=O) groups is 1. The van der Waals surface area contributed by atoms with E-state index in [0.717, 1.165) is 10.2 Å². The van der Waals surface area contributed by atoms with Gasteiger partial charge in [-0.05, 0) is 29.7 Å². The number of nitrogens with zero attached hydrogens (tertiary/aromatic N) is 3. The van der Waals surface area contributed by atoms with Gasteiger partial charge < -0.3 is 4.74 Å². The largest absolute Gasteiger partial charge is 0.465 e. The first-order chi connectivity index (χ1) is 11.1. The number of hydrogen-bond donors (Lipinski definition) is 0. The molecule has 0 unspecified atom stereocenters. The van der Waals surface area contributed by atoms with Crippen molar-refractivity contribution in [3.63, 3.8) is 0 Å². The predicted molar refractivity (Wildman–Crippen MR) is 87.3 cm³/mol. The number of ether oxygens (including phenoxy) is 1. The maximum atomic E-state index is 12.5. The Kier molecular flexibility index (Phi) is 4.22. The van der Waals surface area contributed by atoms with Crippen LogP contribution >= 0.6 is 23.1 Å². The van der Waals surface area contributed by atoms with Gasteiger partial charge in [0.05, 0.1) is 24.7 Å². The molecule has 0 amide bonds. The van der Waals surface area contributed by atoms with E-state index in [-0.39, 0.29) is 5.56 Å². The van der Waals surface area contributed by atoms with Gasteiger partial charge in [-0.2, -0.15) is 14.2 Å². The van der Waals surface area contributed by atoms with Crippen LogP contribution in [-0.2, 0) is 4.74 Å². The zero-order valence-electron chi connectivity index (χ0n) is 11.9. The topological polar surface area (TPSA) is 74.1 Å². The van der Waals surface area contributed by atoms with Gasteiger partial charge in [0.25, 0.3) is 5.56 Å². The molecule has 2 aromatic heterocycles. The summed E-state index contributed by atoms with van der Waals surface area (Å²) in [6.07, 6.45) is 1.51. The van der Waals surface area contributed by atoms with Crippen LogP contribution in [-0.4, -0.2) is 27.2 Å². The van der Waals surface area contributed by atoms with Crippen LogP contribution in [0.1, 0.15) is 10.4 Å². The summed E-state index contributed by atoms with van der Waals surface area (Å²) in [4.78, 5) is 24.4. The van der Waals surface area contributed by atoms with Crippen molar-refractivity contribution in [1.29, 1.82) is 0 Å². The smallest absolute Gasteiger partial charge is 0.343 e. The van der Waals surface area contributed by atoms with Gasteiger partial charge in [0.1, 0.15) is 5.56 Å². The Balaban J connectivity index is 2.24. The van der Waals surface area contributed by atoms with Crippen LogP contribution in [0, 0.1) is 0 Å². The molecule has 3 rings (SSSR count). The summed E-state index contributed by atoms with van der Waals surface area (Å²) in [5.74, 6) is -0.718. The molecule has 6 nitrogen and oxygen atoms in total. The van der Waals surface area contributed by atoms with E-state index in [1.54, 1.807) is 29.6 Å². The van der Waals surface area contributed by atoms with Gasteiger partial charge in [0.15, 0.2) is 0 Å². The van der Waals surface area contributed by atoms with E-state index in [1.807, 2.05) is 0 Å². The lowest BCUT2D eigenvalue weighted by atomic mass is 10.1. The van der Waals surface area contributed by atoms with Crippen LogP contribution in [0.3, 0.4) is 0 Å². The van der Waals surface area contributed by atoms with Gasteiger partial charge in [-0.1, -0.05) is 23.7 Å². The maximum Gasteiger partial charge on any atom is 0.343 e. The van der Waals surface area contributed by atoms with Crippen molar-refractivity contribution in [2.45, 2.75) is 0 Å². The Bertz CT molecular complexity index is 905. The summed E-state index contributed by atoms with van der Waals surface area (Å²) >= 11 is 7.07. The molecule has 0 spiro atoms. The molecule has 0 bridgehead atoms. The van der Waals surface area contributed by atoms with Crippen molar-refractivity contribution in [1.82, 2.24) is 14.2 Å². The minimum Gasteiger partial charge on any atom is -0.465 e. The molecule has 23 heavy (non-hydrogen) atoms. The highest BCUT2D eigenvalue weighted by molar-refractivity contribution is 7.03. The van der Waals surface area contributed by atoms with E-state index in [2.05, 4.69) is 14.2 Å². The molecule has 116 valence electrons. The molecule has 0 aliphatic rings. The van der Waals surface area contributed by atoms with Gasteiger partial charge in [-0.3, -0.25) is 4.79 Å². The molecule has 0 radical (unpaired) electrons. The van der Waals surface area contributed by atoms with Crippen molar-refractivity contribution in [2.75, 3.05) is 7.11 Å². The van der Waals surface area contributed by atoms with Crippen LogP contribution in [0.5, 0.6) is 0 Å². The van der Waals surface area contributed by atoms with Crippen molar-refractivity contribution in [3.05, 3.63) is 62.8 Å². The Hall–Kier alpha value is -2.51. The lowest BCUT2D eigenvalue weighted by Crippen LogP contribution is -2.28. The molecular formula is C15H10ClN3O3S. The van der Waals surface area contributed by atoms with Gasteiger partial charge in [0, 0.05) is 16.0 Å². The molecule has 0 aliphatic carbocycles. The number of benzene rings is 1. The second kappa shape index (κ2) is 6.31. The van der Waals surface area contributed by atoms with E-state index < -0.39 is 11.5 Å². The van der Waals surface area contributed by atoms with E-state index in [9.17, 15) is 9.59 Å². The van der Waals surface area contributed by atoms with Gasteiger partial charge >= 0.3 is 5.97 Å². The standard InChI is InChI=1S/C15H10ClN3O3S/c1-22-15(21)12-6-13(9-2-4-10(16)5-3-9)18-19(14(12)20)11-7-17-23-8-11/h2-8H,1H3. The van der Waals surface area contributed by atoms with Crippen molar-refractivity contribution in [3.8, 4) is 16.9 Å². The Morgan fingerprint density at radius 3 is 2.65 bits per heavy atom.